The van der Waals surface area contributed by atoms with Gasteiger partial charge in [-0.1, -0.05) is 18.2 Å². The van der Waals surface area contributed by atoms with Crippen molar-refractivity contribution >= 4 is 0 Å². The molecule has 0 amide bonds. The van der Waals surface area contributed by atoms with E-state index >= 15 is 0 Å². The summed E-state index contributed by atoms with van der Waals surface area (Å²) in [7, 11) is 2.17. The molecule has 2 aliphatic rings. The zero-order valence-electron chi connectivity index (χ0n) is 16.7. The van der Waals surface area contributed by atoms with E-state index in [-0.39, 0.29) is 6.61 Å². The highest BCUT2D eigenvalue weighted by atomic mass is 19.4. The Kier molecular flexibility index (Phi) is 5.83. The van der Waals surface area contributed by atoms with Crippen molar-refractivity contribution in [2.45, 2.75) is 38.1 Å². The minimum Gasteiger partial charge on any atom is -0.489 e. The highest BCUT2D eigenvalue weighted by molar-refractivity contribution is 5.39. The second-order valence-corrected chi connectivity index (χ2v) is 8.09. The number of nitrogens with zero attached hydrogens (tertiary/aromatic N) is 2. The van der Waals surface area contributed by atoms with Crippen LogP contribution in [0.5, 0.6) is 5.75 Å². The Morgan fingerprint density at radius 1 is 1.00 bits per heavy atom. The van der Waals surface area contributed by atoms with Crippen LogP contribution in [0.2, 0.25) is 0 Å². The van der Waals surface area contributed by atoms with Gasteiger partial charge in [0, 0.05) is 32.2 Å². The first-order valence-electron chi connectivity index (χ1n) is 10.2. The molecule has 2 aromatic rings. The van der Waals surface area contributed by atoms with Gasteiger partial charge >= 0.3 is 6.18 Å². The number of hydrogen-bond acceptors (Lipinski definition) is 3. The van der Waals surface area contributed by atoms with Crippen molar-refractivity contribution in [1.82, 2.24) is 9.80 Å². The molecule has 3 nitrogen and oxygen atoms in total. The largest absolute Gasteiger partial charge is 0.489 e. The number of piperazine rings is 1. The third kappa shape index (κ3) is 4.75. The molecule has 1 fully saturated rings. The standard InChI is InChI=1S/C23H27F3N2O/c1-27-11-13-28(14-12-27)22-4-2-3-18-7-10-20(15-21(18)22)29-16-17-5-8-19(9-6-17)23(24,25)26/h5-10,15,22H,2-4,11-14,16H2,1H3. The number of fused-ring (bicyclic) bond motifs is 1. The van der Waals surface area contributed by atoms with Gasteiger partial charge in [0.1, 0.15) is 12.4 Å². The van der Waals surface area contributed by atoms with E-state index in [9.17, 15) is 13.2 Å². The van der Waals surface area contributed by atoms with E-state index < -0.39 is 11.7 Å². The van der Waals surface area contributed by atoms with Gasteiger partial charge in [-0.3, -0.25) is 4.90 Å². The molecule has 0 spiro atoms. The quantitative estimate of drug-likeness (QED) is 0.720. The maximum atomic E-state index is 12.7. The Hall–Kier alpha value is -2.05. The van der Waals surface area contributed by atoms with Gasteiger partial charge in [-0.15, -0.1) is 0 Å². The summed E-state index contributed by atoms with van der Waals surface area (Å²) in [6, 6.07) is 11.9. The van der Waals surface area contributed by atoms with Crippen molar-refractivity contribution in [1.29, 1.82) is 0 Å². The van der Waals surface area contributed by atoms with E-state index in [0.29, 0.717) is 6.04 Å². The molecule has 6 heteroatoms. The van der Waals surface area contributed by atoms with E-state index in [4.69, 9.17) is 4.74 Å². The van der Waals surface area contributed by atoms with Gasteiger partial charge in [-0.05, 0) is 67.3 Å². The number of hydrogen-bond donors (Lipinski definition) is 0. The van der Waals surface area contributed by atoms with Gasteiger partial charge in [0.2, 0.25) is 0 Å². The van der Waals surface area contributed by atoms with E-state index in [0.717, 1.165) is 56.0 Å². The van der Waals surface area contributed by atoms with Crippen molar-refractivity contribution in [3.63, 3.8) is 0 Å². The summed E-state index contributed by atoms with van der Waals surface area (Å²) in [5.74, 6) is 0.782. The summed E-state index contributed by atoms with van der Waals surface area (Å²) in [5, 5.41) is 0. The predicted molar refractivity (Wildman–Crippen MR) is 107 cm³/mol. The van der Waals surface area contributed by atoms with Crippen molar-refractivity contribution in [3.8, 4) is 5.75 Å². The van der Waals surface area contributed by atoms with Crippen LogP contribution in [0.4, 0.5) is 13.2 Å². The average Bonchev–Trinajstić information content (AvgIpc) is 2.72. The number of likely N-dealkylation sites (N-methyl/N-ethyl adjacent to an activating group) is 1. The minimum absolute atomic E-state index is 0.260. The maximum absolute atomic E-state index is 12.7. The van der Waals surface area contributed by atoms with Crippen LogP contribution in [0.25, 0.3) is 0 Å². The van der Waals surface area contributed by atoms with E-state index in [1.807, 2.05) is 6.07 Å². The highest BCUT2D eigenvalue weighted by Gasteiger charge is 2.30. The predicted octanol–water partition coefficient (Wildman–Crippen LogP) is 4.91. The molecular formula is C23H27F3N2O. The monoisotopic (exact) mass is 404 g/mol. The van der Waals surface area contributed by atoms with Gasteiger partial charge in [0.15, 0.2) is 0 Å². The number of rotatable bonds is 4. The SMILES string of the molecule is CN1CCN(C2CCCc3ccc(OCc4ccc(C(F)(F)F)cc4)cc32)CC1. The third-order valence-corrected chi connectivity index (χ3v) is 6.07. The van der Waals surface area contributed by atoms with Crippen LogP contribution >= 0.6 is 0 Å². The third-order valence-electron chi connectivity index (χ3n) is 6.07. The average molecular weight is 404 g/mol. The Labute approximate surface area is 170 Å². The first kappa shape index (κ1) is 20.2. The molecule has 1 atom stereocenters. The molecule has 1 unspecified atom stereocenters. The number of ether oxygens (including phenoxy) is 1. The maximum Gasteiger partial charge on any atom is 0.416 e. The lowest BCUT2D eigenvalue weighted by molar-refractivity contribution is -0.137. The minimum atomic E-state index is -4.31. The Morgan fingerprint density at radius 3 is 2.41 bits per heavy atom. The van der Waals surface area contributed by atoms with Crippen molar-refractivity contribution in [2.24, 2.45) is 0 Å². The normalized spacial score (nSPS) is 21.0. The van der Waals surface area contributed by atoms with Gasteiger partial charge in [0.25, 0.3) is 0 Å². The van der Waals surface area contributed by atoms with Gasteiger partial charge in [-0.2, -0.15) is 13.2 Å². The van der Waals surface area contributed by atoms with Crippen LogP contribution in [-0.2, 0) is 19.2 Å². The van der Waals surface area contributed by atoms with Gasteiger partial charge < -0.3 is 9.64 Å². The zero-order valence-corrected chi connectivity index (χ0v) is 16.7. The molecule has 156 valence electrons. The molecular weight excluding hydrogens is 377 g/mol. The lowest BCUT2D eigenvalue weighted by atomic mass is 9.86. The fraction of sp³-hybridized carbons (Fsp3) is 0.478. The summed E-state index contributed by atoms with van der Waals surface area (Å²) in [6.07, 6.45) is -0.844. The zero-order chi connectivity index (χ0) is 20.4. The fourth-order valence-corrected chi connectivity index (χ4v) is 4.31. The lowest BCUT2D eigenvalue weighted by Crippen LogP contribution is -2.46. The summed E-state index contributed by atoms with van der Waals surface area (Å²) in [5.41, 5.74) is 2.84. The number of alkyl halides is 3. The number of benzene rings is 2. The Morgan fingerprint density at radius 2 is 1.72 bits per heavy atom. The van der Waals surface area contributed by atoms with Gasteiger partial charge in [-0.25, -0.2) is 0 Å². The summed E-state index contributed by atoms with van der Waals surface area (Å²) < 4.78 is 44.0. The molecule has 4 rings (SSSR count). The molecule has 1 heterocycles. The molecule has 2 aromatic carbocycles. The molecule has 0 N–H and O–H groups in total. The smallest absolute Gasteiger partial charge is 0.416 e. The molecule has 0 bridgehead atoms. The fourth-order valence-electron chi connectivity index (χ4n) is 4.31. The second kappa shape index (κ2) is 8.36. The summed E-state index contributed by atoms with van der Waals surface area (Å²) >= 11 is 0. The Balaban J connectivity index is 1.45. The first-order chi connectivity index (χ1) is 13.9. The number of aryl methyl sites for hydroxylation is 1. The van der Waals surface area contributed by atoms with Crippen molar-refractivity contribution in [2.75, 3.05) is 33.2 Å². The molecule has 29 heavy (non-hydrogen) atoms. The van der Waals surface area contributed by atoms with E-state index in [2.05, 4.69) is 29.0 Å². The first-order valence-corrected chi connectivity index (χ1v) is 10.2. The summed E-state index contributed by atoms with van der Waals surface area (Å²) in [4.78, 5) is 4.95. The highest BCUT2D eigenvalue weighted by Crippen LogP contribution is 2.37. The summed E-state index contributed by atoms with van der Waals surface area (Å²) in [6.45, 7) is 4.61. The number of halogens is 3. The van der Waals surface area contributed by atoms with Crippen LogP contribution in [0.15, 0.2) is 42.5 Å². The van der Waals surface area contributed by atoms with Crippen molar-refractivity contribution in [3.05, 3.63) is 64.7 Å². The molecule has 0 radical (unpaired) electrons. The van der Waals surface area contributed by atoms with E-state index in [1.165, 1.54) is 36.1 Å². The molecule has 0 saturated carbocycles. The lowest BCUT2D eigenvalue weighted by Gasteiger charge is -2.40. The molecule has 1 aliphatic heterocycles. The molecule has 0 aromatic heterocycles. The second-order valence-electron chi connectivity index (χ2n) is 8.09. The topological polar surface area (TPSA) is 15.7 Å². The van der Waals surface area contributed by atoms with Crippen LogP contribution < -0.4 is 4.74 Å². The van der Waals surface area contributed by atoms with Crippen molar-refractivity contribution < 1.29 is 17.9 Å². The van der Waals surface area contributed by atoms with Crippen LogP contribution in [0.1, 0.15) is 41.1 Å². The van der Waals surface area contributed by atoms with Crippen LogP contribution in [-0.4, -0.2) is 43.0 Å². The van der Waals surface area contributed by atoms with E-state index in [1.54, 1.807) is 0 Å². The van der Waals surface area contributed by atoms with Crippen LogP contribution in [0.3, 0.4) is 0 Å². The van der Waals surface area contributed by atoms with Gasteiger partial charge in [0.05, 0.1) is 5.56 Å². The van der Waals surface area contributed by atoms with Crippen LogP contribution in [0, 0.1) is 0 Å². The molecule has 1 saturated heterocycles. The Bertz CT molecular complexity index is 827. The molecule has 1 aliphatic carbocycles.